The summed E-state index contributed by atoms with van der Waals surface area (Å²) in [5.41, 5.74) is 0.825. The van der Waals surface area contributed by atoms with Crippen molar-refractivity contribution in [3.8, 4) is 5.75 Å². The standard InChI is InChI=1S/C15H21ClO3/c1-11(17)14(15(2,3)16)12-7-5-6-8-13(12)19-10-9-18-4/h5-8,14H,9-10H2,1-4H3. The molecule has 0 aliphatic rings. The van der Waals surface area contributed by atoms with Gasteiger partial charge in [-0.2, -0.15) is 0 Å². The first-order valence-corrected chi connectivity index (χ1v) is 6.65. The second-order valence-corrected chi connectivity index (χ2v) is 5.96. The maximum atomic E-state index is 11.9. The largest absolute Gasteiger partial charge is 0.491 e. The van der Waals surface area contributed by atoms with Gasteiger partial charge < -0.3 is 9.47 Å². The molecule has 0 aromatic heterocycles. The molecule has 4 heteroatoms. The Morgan fingerprint density at radius 1 is 1.32 bits per heavy atom. The number of hydrogen-bond acceptors (Lipinski definition) is 3. The van der Waals surface area contributed by atoms with Crippen LogP contribution in [0.1, 0.15) is 32.3 Å². The lowest BCUT2D eigenvalue weighted by atomic mass is 9.84. The van der Waals surface area contributed by atoms with E-state index in [0.29, 0.717) is 19.0 Å². The van der Waals surface area contributed by atoms with Crippen molar-refractivity contribution in [3.63, 3.8) is 0 Å². The van der Waals surface area contributed by atoms with Crippen molar-refractivity contribution in [2.75, 3.05) is 20.3 Å². The number of para-hydroxylation sites is 1. The number of carbonyl (C=O) groups excluding carboxylic acids is 1. The van der Waals surface area contributed by atoms with Gasteiger partial charge in [-0.05, 0) is 26.8 Å². The number of benzene rings is 1. The third-order valence-electron chi connectivity index (χ3n) is 2.87. The van der Waals surface area contributed by atoms with Crippen LogP contribution in [0.25, 0.3) is 0 Å². The van der Waals surface area contributed by atoms with Gasteiger partial charge in [0.25, 0.3) is 0 Å². The van der Waals surface area contributed by atoms with E-state index in [9.17, 15) is 4.79 Å². The lowest BCUT2D eigenvalue weighted by Crippen LogP contribution is -2.29. The zero-order valence-corrected chi connectivity index (χ0v) is 12.7. The molecule has 3 nitrogen and oxygen atoms in total. The summed E-state index contributed by atoms with van der Waals surface area (Å²) in [5.74, 6) is 0.323. The second-order valence-electron chi connectivity index (χ2n) is 4.99. The lowest BCUT2D eigenvalue weighted by Gasteiger charge is -2.28. The highest BCUT2D eigenvalue weighted by molar-refractivity contribution is 6.25. The van der Waals surface area contributed by atoms with E-state index in [1.54, 1.807) is 14.0 Å². The summed E-state index contributed by atoms with van der Waals surface area (Å²) in [6.07, 6.45) is 0. The Morgan fingerprint density at radius 3 is 2.47 bits per heavy atom. The number of methoxy groups -OCH3 is 1. The fraction of sp³-hybridized carbons (Fsp3) is 0.533. The summed E-state index contributed by atoms with van der Waals surface area (Å²) in [5, 5.41) is 0. The summed E-state index contributed by atoms with van der Waals surface area (Å²) in [4.78, 5) is 11.2. The van der Waals surface area contributed by atoms with Crippen molar-refractivity contribution < 1.29 is 14.3 Å². The van der Waals surface area contributed by atoms with E-state index in [-0.39, 0.29) is 5.78 Å². The monoisotopic (exact) mass is 284 g/mol. The van der Waals surface area contributed by atoms with E-state index in [1.165, 1.54) is 0 Å². The number of halogens is 1. The highest BCUT2D eigenvalue weighted by Crippen LogP contribution is 2.38. The molecular weight excluding hydrogens is 264 g/mol. The Kier molecular flexibility index (Phi) is 5.83. The van der Waals surface area contributed by atoms with E-state index in [2.05, 4.69) is 0 Å². The number of ether oxygens (including phenoxy) is 2. The molecular formula is C15H21ClO3. The fourth-order valence-corrected chi connectivity index (χ4v) is 2.43. The van der Waals surface area contributed by atoms with Crippen LogP contribution in [0.3, 0.4) is 0 Å². The lowest BCUT2D eigenvalue weighted by molar-refractivity contribution is -0.119. The Bertz CT molecular complexity index is 424. The minimum Gasteiger partial charge on any atom is -0.491 e. The van der Waals surface area contributed by atoms with Gasteiger partial charge in [0, 0.05) is 12.7 Å². The van der Waals surface area contributed by atoms with E-state index < -0.39 is 10.8 Å². The molecule has 0 bridgehead atoms. The van der Waals surface area contributed by atoms with E-state index in [1.807, 2.05) is 38.1 Å². The minimum absolute atomic E-state index is 0.0304. The Balaban J connectivity index is 3.06. The van der Waals surface area contributed by atoms with Crippen LogP contribution < -0.4 is 4.74 Å². The zero-order chi connectivity index (χ0) is 14.5. The van der Waals surface area contributed by atoms with Crippen LogP contribution in [-0.4, -0.2) is 31.0 Å². The van der Waals surface area contributed by atoms with E-state index in [0.717, 1.165) is 5.56 Å². The molecule has 0 fully saturated rings. The molecule has 0 saturated carbocycles. The highest BCUT2D eigenvalue weighted by atomic mass is 35.5. The van der Waals surface area contributed by atoms with Gasteiger partial charge >= 0.3 is 0 Å². The molecule has 19 heavy (non-hydrogen) atoms. The Labute approximate surface area is 119 Å². The van der Waals surface area contributed by atoms with Crippen molar-refractivity contribution in [1.82, 2.24) is 0 Å². The second kappa shape index (κ2) is 6.92. The van der Waals surface area contributed by atoms with Gasteiger partial charge in [-0.25, -0.2) is 0 Å². The molecule has 106 valence electrons. The molecule has 0 aliphatic carbocycles. The third-order valence-corrected chi connectivity index (χ3v) is 3.09. The quantitative estimate of drug-likeness (QED) is 0.569. The first-order chi connectivity index (χ1) is 8.88. The summed E-state index contributed by atoms with van der Waals surface area (Å²) < 4.78 is 10.6. The van der Waals surface area contributed by atoms with Crippen molar-refractivity contribution in [2.45, 2.75) is 31.6 Å². The van der Waals surface area contributed by atoms with Crippen LogP contribution in [0.4, 0.5) is 0 Å². The van der Waals surface area contributed by atoms with Gasteiger partial charge in [-0.3, -0.25) is 4.79 Å². The van der Waals surface area contributed by atoms with Gasteiger partial charge in [-0.15, -0.1) is 11.6 Å². The normalized spacial score (nSPS) is 13.1. The molecule has 0 saturated heterocycles. The average Bonchev–Trinajstić information content (AvgIpc) is 2.29. The molecule has 1 rings (SSSR count). The number of carbonyl (C=O) groups is 1. The maximum absolute atomic E-state index is 11.9. The first kappa shape index (κ1) is 16.0. The number of ketones is 1. The molecule has 1 atom stereocenters. The van der Waals surface area contributed by atoms with Crippen LogP contribution in [0, 0.1) is 0 Å². The van der Waals surface area contributed by atoms with Gasteiger partial charge in [0.05, 0.1) is 17.4 Å². The molecule has 0 spiro atoms. The summed E-state index contributed by atoms with van der Waals surface area (Å²) in [7, 11) is 1.62. The van der Waals surface area contributed by atoms with Gasteiger partial charge in [0.2, 0.25) is 0 Å². The predicted octanol–water partition coefficient (Wildman–Crippen LogP) is 3.40. The van der Waals surface area contributed by atoms with Crippen LogP contribution in [0.2, 0.25) is 0 Å². The summed E-state index contributed by atoms with van der Waals surface area (Å²) in [6, 6.07) is 7.50. The minimum atomic E-state index is -0.660. The third kappa shape index (κ3) is 4.51. The number of alkyl halides is 1. The fourth-order valence-electron chi connectivity index (χ4n) is 2.16. The van der Waals surface area contributed by atoms with Crippen LogP contribution in [0.15, 0.2) is 24.3 Å². The first-order valence-electron chi connectivity index (χ1n) is 6.28. The van der Waals surface area contributed by atoms with Gasteiger partial charge in [-0.1, -0.05) is 18.2 Å². The molecule has 0 amide bonds. The van der Waals surface area contributed by atoms with Crippen molar-refractivity contribution in [3.05, 3.63) is 29.8 Å². The van der Waals surface area contributed by atoms with Gasteiger partial charge in [0.15, 0.2) is 0 Å². The van der Waals surface area contributed by atoms with Gasteiger partial charge in [0.1, 0.15) is 18.1 Å². The molecule has 1 aromatic carbocycles. The maximum Gasteiger partial charge on any atom is 0.139 e. The average molecular weight is 285 g/mol. The SMILES string of the molecule is COCCOc1ccccc1C(C(C)=O)C(C)(C)Cl. The van der Waals surface area contributed by atoms with Crippen molar-refractivity contribution in [2.24, 2.45) is 0 Å². The number of hydrogen-bond donors (Lipinski definition) is 0. The molecule has 0 radical (unpaired) electrons. The van der Waals surface area contributed by atoms with E-state index >= 15 is 0 Å². The van der Waals surface area contributed by atoms with E-state index in [4.69, 9.17) is 21.1 Å². The Morgan fingerprint density at radius 2 is 1.95 bits per heavy atom. The Hall–Kier alpha value is -1.06. The molecule has 0 N–H and O–H groups in total. The predicted molar refractivity (Wildman–Crippen MR) is 77.2 cm³/mol. The van der Waals surface area contributed by atoms with Crippen LogP contribution >= 0.6 is 11.6 Å². The van der Waals surface area contributed by atoms with Crippen LogP contribution in [-0.2, 0) is 9.53 Å². The number of rotatable bonds is 7. The zero-order valence-electron chi connectivity index (χ0n) is 11.9. The highest BCUT2D eigenvalue weighted by Gasteiger charge is 2.34. The molecule has 1 aromatic rings. The topological polar surface area (TPSA) is 35.5 Å². The number of Topliss-reactive ketones (excluding diaryl/α,β-unsaturated/α-hetero) is 1. The van der Waals surface area contributed by atoms with Crippen molar-refractivity contribution >= 4 is 17.4 Å². The molecule has 0 aliphatic heterocycles. The molecule has 1 unspecified atom stereocenters. The smallest absolute Gasteiger partial charge is 0.139 e. The van der Waals surface area contributed by atoms with Crippen molar-refractivity contribution in [1.29, 1.82) is 0 Å². The van der Waals surface area contributed by atoms with Crippen LogP contribution in [0.5, 0.6) is 5.75 Å². The summed E-state index contributed by atoms with van der Waals surface area (Å²) in [6.45, 7) is 6.18. The summed E-state index contributed by atoms with van der Waals surface area (Å²) >= 11 is 6.36. The molecule has 0 heterocycles.